The van der Waals surface area contributed by atoms with Gasteiger partial charge in [-0.2, -0.15) is 0 Å². The molecular formula is C32H45ClO7. The molecule has 0 radical (unpaired) electrons. The van der Waals surface area contributed by atoms with Gasteiger partial charge in [0.1, 0.15) is 42.9 Å². The number of aliphatic hydroxyl groups excluding tert-OH is 3. The summed E-state index contributed by atoms with van der Waals surface area (Å²) in [5, 5.41) is 32.3. The summed E-state index contributed by atoms with van der Waals surface area (Å²) < 4.78 is 16.9. The Morgan fingerprint density at radius 3 is 2.15 bits per heavy atom. The second kappa shape index (κ2) is 16.9. The minimum Gasteiger partial charge on any atom is -0.494 e. The predicted molar refractivity (Wildman–Crippen MR) is 156 cm³/mol. The Morgan fingerprint density at radius 1 is 0.850 bits per heavy atom. The molecule has 0 spiro atoms. The fraction of sp³-hybridized carbons (Fsp3) is 0.594. The average Bonchev–Trinajstić information content (AvgIpc) is 2.96. The molecule has 1 fully saturated rings. The number of hydrogen-bond donors (Lipinski definition) is 3. The van der Waals surface area contributed by atoms with Gasteiger partial charge in [0.25, 0.3) is 0 Å². The molecule has 40 heavy (non-hydrogen) atoms. The van der Waals surface area contributed by atoms with Gasteiger partial charge in [0.15, 0.2) is 0 Å². The Bertz CT molecular complexity index is 1030. The molecule has 3 rings (SSSR count). The molecule has 0 saturated carbocycles. The van der Waals surface area contributed by atoms with E-state index in [0.29, 0.717) is 23.6 Å². The van der Waals surface area contributed by atoms with E-state index >= 15 is 0 Å². The standard InChI is InChI=1S/C32H45ClO7/c1-3-5-6-7-8-9-10-11-12-13-28(34)39-21-27-29(35)30(36)31(37)32(40-27)23-16-19-26(33)25(20-23)22-14-17-24(18-15-22)38-4-2/h14-20,27,29-32,35-37H,3-13,21H2,1-2H3/t27-,29-,30+,31-,32+/m1/s1. The van der Waals surface area contributed by atoms with Crippen LogP contribution in [0.15, 0.2) is 42.5 Å². The maximum absolute atomic E-state index is 12.3. The van der Waals surface area contributed by atoms with E-state index < -0.39 is 30.5 Å². The Morgan fingerprint density at radius 2 is 1.50 bits per heavy atom. The molecule has 0 aromatic heterocycles. The van der Waals surface area contributed by atoms with Crippen LogP contribution >= 0.6 is 11.6 Å². The normalized spacial score (nSPS) is 22.7. The summed E-state index contributed by atoms with van der Waals surface area (Å²) in [5.41, 5.74) is 2.16. The zero-order valence-electron chi connectivity index (χ0n) is 23.8. The Labute approximate surface area is 243 Å². The summed E-state index contributed by atoms with van der Waals surface area (Å²) >= 11 is 6.49. The molecule has 1 aliphatic heterocycles. The SMILES string of the molecule is CCCCCCCCCCCC(=O)OC[C@H]1O[C@@H](c2ccc(Cl)c(-c3ccc(OCC)cc3)c2)[C@H](O)[C@@H](O)[C@@H]1O. The summed E-state index contributed by atoms with van der Waals surface area (Å²) in [4.78, 5) is 12.3. The highest BCUT2D eigenvalue weighted by Gasteiger charge is 2.44. The van der Waals surface area contributed by atoms with E-state index in [1.807, 2.05) is 31.2 Å². The van der Waals surface area contributed by atoms with E-state index in [2.05, 4.69) is 6.92 Å². The van der Waals surface area contributed by atoms with Gasteiger partial charge in [0.2, 0.25) is 0 Å². The quantitative estimate of drug-likeness (QED) is 0.157. The molecule has 222 valence electrons. The van der Waals surface area contributed by atoms with Crippen molar-refractivity contribution in [1.29, 1.82) is 0 Å². The van der Waals surface area contributed by atoms with Crippen molar-refractivity contribution in [3.63, 3.8) is 0 Å². The van der Waals surface area contributed by atoms with Crippen LogP contribution < -0.4 is 4.74 Å². The van der Waals surface area contributed by atoms with Crippen LogP contribution in [0.2, 0.25) is 5.02 Å². The maximum atomic E-state index is 12.3. The highest BCUT2D eigenvalue weighted by atomic mass is 35.5. The minimum absolute atomic E-state index is 0.211. The molecule has 0 unspecified atom stereocenters. The van der Waals surface area contributed by atoms with Gasteiger partial charge in [-0.15, -0.1) is 0 Å². The van der Waals surface area contributed by atoms with Crippen LogP contribution in [0.1, 0.15) is 89.7 Å². The summed E-state index contributed by atoms with van der Waals surface area (Å²) in [5.74, 6) is 0.386. The number of hydrogen-bond acceptors (Lipinski definition) is 7. The Balaban J connectivity index is 1.54. The zero-order valence-corrected chi connectivity index (χ0v) is 24.5. The first-order chi connectivity index (χ1) is 19.3. The van der Waals surface area contributed by atoms with Gasteiger partial charge in [-0.25, -0.2) is 0 Å². The van der Waals surface area contributed by atoms with Crippen molar-refractivity contribution in [1.82, 2.24) is 0 Å². The number of aliphatic hydroxyl groups is 3. The van der Waals surface area contributed by atoms with Crippen LogP contribution in [0.25, 0.3) is 11.1 Å². The lowest BCUT2D eigenvalue weighted by atomic mass is 9.90. The number of carbonyl (C=O) groups excluding carboxylic acids is 1. The van der Waals surface area contributed by atoms with Crippen LogP contribution in [-0.4, -0.2) is 58.9 Å². The number of rotatable bonds is 16. The molecule has 1 saturated heterocycles. The Kier molecular flexibility index (Phi) is 13.7. The van der Waals surface area contributed by atoms with Crippen LogP contribution in [0.5, 0.6) is 5.75 Å². The molecule has 2 aromatic rings. The molecular weight excluding hydrogens is 532 g/mol. The molecule has 1 heterocycles. The van der Waals surface area contributed by atoms with Gasteiger partial charge in [-0.3, -0.25) is 4.79 Å². The molecule has 0 amide bonds. The number of benzene rings is 2. The average molecular weight is 577 g/mol. The van der Waals surface area contributed by atoms with Gasteiger partial charge >= 0.3 is 5.97 Å². The summed E-state index contributed by atoms with van der Waals surface area (Å²) in [6, 6.07) is 12.7. The number of esters is 1. The van der Waals surface area contributed by atoms with Crippen LogP contribution in [0.4, 0.5) is 0 Å². The maximum Gasteiger partial charge on any atom is 0.305 e. The van der Waals surface area contributed by atoms with E-state index in [9.17, 15) is 20.1 Å². The lowest BCUT2D eigenvalue weighted by Gasteiger charge is -2.40. The molecule has 1 aliphatic rings. The first-order valence-electron chi connectivity index (χ1n) is 14.7. The van der Waals surface area contributed by atoms with Gasteiger partial charge in [0.05, 0.1) is 6.61 Å². The third-order valence-electron chi connectivity index (χ3n) is 7.40. The van der Waals surface area contributed by atoms with E-state index in [4.69, 9.17) is 25.8 Å². The van der Waals surface area contributed by atoms with Crippen LogP contribution in [0, 0.1) is 0 Å². The topological polar surface area (TPSA) is 105 Å². The smallest absolute Gasteiger partial charge is 0.305 e. The summed E-state index contributed by atoms with van der Waals surface area (Å²) in [6.45, 7) is 4.49. The molecule has 0 aliphatic carbocycles. The monoisotopic (exact) mass is 576 g/mol. The van der Waals surface area contributed by atoms with Crippen molar-refractivity contribution >= 4 is 17.6 Å². The first kappa shape index (κ1) is 32.4. The van der Waals surface area contributed by atoms with Crippen molar-refractivity contribution < 1.29 is 34.3 Å². The fourth-order valence-corrected chi connectivity index (χ4v) is 5.26. The van der Waals surface area contributed by atoms with Crippen molar-refractivity contribution in [2.75, 3.05) is 13.2 Å². The number of carbonyl (C=O) groups is 1. The van der Waals surface area contributed by atoms with Gasteiger partial charge in [-0.1, -0.05) is 88.1 Å². The predicted octanol–water partition coefficient (Wildman–Crippen LogP) is 6.39. The van der Waals surface area contributed by atoms with Gasteiger partial charge in [-0.05, 0) is 48.7 Å². The highest BCUT2D eigenvalue weighted by molar-refractivity contribution is 6.33. The minimum atomic E-state index is -1.47. The molecule has 8 heteroatoms. The fourth-order valence-electron chi connectivity index (χ4n) is 5.03. The molecule has 5 atom stereocenters. The molecule has 2 aromatic carbocycles. The third kappa shape index (κ3) is 9.45. The van der Waals surface area contributed by atoms with Crippen LogP contribution in [0.3, 0.4) is 0 Å². The van der Waals surface area contributed by atoms with Crippen molar-refractivity contribution in [3.05, 3.63) is 53.1 Å². The number of halogens is 1. The van der Waals surface area contributed by atoms with E-state index in [1.165, 1.54) is 38.5 Å². The number of ether oxygens (including phenoxy) is 3. The largest absolute Gasteiger partial charge is 0.494 e. The van der Waals surface area contributed by atoms with Crippen molar-refractivity contribution in [3.8, 4) is 16.9 Å². The summed E-state index contributed by atoms with van der Waals surface area (Å²) in [7, 11) is 0. The number of unbranched alkanes of at least 4 members (excludes halogenated alkanes) is 8. The lowest BCUT2D eigenvalue weighted by Crippen LogP contribution is -2.55. The van der Waals surface area contributed by atoms with E-state index in [1.54, 1.807) is 18.2 Å². The second-order valence-electron chi connectivity index (χ2n) is 10.5. The van der Waals surface area contributed by atoms with Crippen LogP contribution in [-0.2, 0) is 14.3 Å². The third-order valence-corrected chi connectivity index (χ3v) is 7.73. The molecule has 3 N–H and O–H groups in total. The lowest BCUT2D eigenvalue weighted by molar-refractivity contribution is -0.234. The first-order valence-corrected chi connectivity index (χ1v) is 15.1. The van der Waals surface area contributed by atoms with Crippen molar-refractivity contribution in [2.24, 2.45) is 0 Å². The Hall–Kier alpha value is -2.16. The summed E-state index contributed by atoms with van der Waals surface area (Å²) in [6.07, 6.45) is 4.52. The highest BCUT2D eigenvalue weighted by Crippen LogP contribution is 2.37. The van der Waals surface area contributed by atoms with Gasteiger partial charge in [0, 0.05) is 17.0 Å². The van der Waals surface area contributed by atoms with Gasteiger partial charge < -0.3 is 29.5 Å². The van der Waals surface area contributed by atoms with Crippen molar-refractivity contribution in [2.45, 2.75) is 109 Å². The zero-order chi connectivity index (χ0) is 28.9. The van der Waals surface area contributed by atoms with E-state index in [0.717, 1.165) is 36.1 Å². The van der Waals surface area contributed by atoms with E-state index in [-0.39, 0.29) is 12.6 Å². The second-order valence-corrected chi connectivity index (χ2v) is 10.9. The molecule has 7 nitrogen and oxygen atoms in total. The molecule has 0 bridgehead atoms.